The molecule has 1 atom stereocenters. The van der Waals surface area contributed by atoms with Crippen LogP contribution < -0.4 is 14.9 Å². The molecule has 0 unspecified atom stereocenters. The van der Waals surface area contributed by atoms with E-state index >= 15 is 0 Å². The van der Waals surface area contributed by atoms with E-state index in [-0.39, 0.29) is 12.2 Å². The molecule has 0 radical (unpaired) electrons. The summed E-state index contributed by atoms with van der Waals surface area (Å²) >= 11 is 2.94. The molecule has 48 heavy (non-hydrogen) atoms. The van der Waals surface area contributed by atoms with Crippen molar-refractivity contribution in [2.24, 2.45) is 4.99 Å². The van der Waals surface area contributed by atoms with Crippen molar-refractivity contribution in [3.05, 3.63) is 162 Å². The molecule has 9 heteroatoms. The Labute approximate surface area is 285 Å². The minimum Gasteiger partial charge on any atom is -0.463 e. The van der Waals surface area contributed by atoms with Gasteiger partial charge in [-0.3, -0.25) is 9.36 Å². The predicted octanol–water partition coefficient (Wildman–Crippen LogP) is 6.53. The third-order valence-electron chi connectivity index (χ3n) is 8.35. The van der Waals surface area contributed by atoms with Gasteiger partial charge in [0.05, 0.1) is 40.1 Å². The molecule has 0 fully saturated rings. The SMILES string of the molecule is CCOC(=O)C1=C(c2ccccc2)N=c2s/c(=C\c3cn(Cc4ccc(C#N)cc4)c4ccccc34)c(=O)n2[C@H]1c1ccc(SC)cc1. The molecule has 7 nitrogen and oxygen atoms in total. The predicted molar refractivity (Wildman–Crippen MR) is 191 cm³/mol. The molecule has 0 N–H and O–H groups in total. The van der Waals surface area contributed by atoms with E-state index in [2.05, 4.69) is 29.0 Å². The molecule has 0 aliphatic carbocycles. The second-order valence-corrected chi connectivity index (χ2v) is 13.1. The van der Waals surface area contributed by atoms with Crippen LogP contribution >= 0.6 is 23.1 Å². The van der Waals surface area contributed by atoms with Gasteiger partial charge in [0.2, 0.25) is 0 Å². The first-order valence-electron chi connectivity index (χ1n) is 15.5. The van der Waals surface area contributed by atoms with Crippen LogP contribution in [0.4, 0.5) is 0 Å². The van der Waals surface area contributed by atoms with E-state index in [9.17, 15) is 14.9 Å². The second-order valence-electron chi connectivity index (χ2n) is 11.2. The molecule has 0 bridgehead atoms. The van der Waals surface area contributed by atoms with Gasteiger partial charge in [-0.1, -0.05) is 84.1 Å². The number of carbonyl (C=O) groups is 1. The van der Waals surface area contributed by atoms with E-state index < -0.39 is 12.0 Å². The molecule has 7 rings (SSSR count). The van der Waals surface area contributed by atoms with Crippen LogP contribution in [-0.2, 0) is 16.1 Å². The van der Waals surface area contributed by atoms with Crippen LogP contribution in [-0.4, -0.2) is 28.0 Å². The van der Waals surface area contributed by atoms with Gasteiger partial charge < -0.3 is 9.30 Å². The normalized spacial score (nSPS) is 14.4. The van der Waals surface area contributed by atoms with Crippen LogP contribution in [0.25, 0.3) is 22.7 Å². The molecule has 0 amide bonds. The van der Waals surface area contributed by atoms with Gasteiger partial charge in [0.25, 0.3) is 5.56 Å². The van der Waals surface area contributed by atoms with E-state index in [0.29, 0.717) is 32.7 Å². The number of ether oxygens (including phenoxy) is 1. The standard InChI is InChI=1S/C39H30N4O3S2/c1-3-46-38(45)34-35(27-9-5-4-6-10-27)41-39-43(36(34)28-17-19-30(47-2)20-18-28)37(44)33(48-39)21-29-24-42(32-12-8-7-11-31(29)32)23-26-15-13-25(22-40)14-16-26/h4-21,24,36H,3,23H2,1-2H3/b33-21-/t36-/m0/s1. The second kappa shape index (κ2) is 13.4. The van der Waals surface area contributed by atoms with Gasteiger partial charge in [-0.15, -0.1) is 11.8 Å². The highest BCUT2D eigenvalue weighted by molar-refractivity contribution is 7.98. The van der Waals surface area contributed by atoms with Gasteiger partial charge in [0.1, 0.15) is 0 Å². The maximum absolute atomic E-state index is 14.5. The molecule has 3 heterocycles. The molecule has 0 saturated carbocycles. The number of hydrogen-bond acceptors (Lipinski definition) is 7. The van der Waals surface area contributed by atoms with Gasteiger partial charge >= 0.3 is 5.97 Å². The maximum Gasteiger partial charge on any atom is 0.338 e. The molecule has 0 saturated heterocycles. The number of nitriles is 1. The zero-order chi connectivity index (χ0) is 33.2. The van der Waals surface area contributed by atoms with Crippen LogP contribution in [0.15, 0.2) is 130 Å². The zero-order valence-electron chi connectivity index (χ0n) is 26.3. The molecule has 1 aliphatic heterocycles. The Hall–Kier alpha value is -5.43. The summed E-state index contributed by atoms with van der Waals surface area (Å²) in [7, 11) is 0. The molecule has 236 valence electrons. The van der Waals surface area contributed by atoms with Crippen LogP contribution in [0.3, 0.4) is 0 Å². The lowest BCUT2D eigenvalue weighted by Gasteiger charge is -2.26. The summed E-state index contributed by atoms with van der Waals surface area (Å²) in [4.78, 5) is 34.8. The summed E-state index contributed by atoms with van der Waals surface area (Å²) in [5.41, 5.74) is 5.79. The summed E-state index contributed by atoms with van der Waals surface area (Å²) in [6.07, 6.45) is 5.99. The summed E-state index contributed by atoms with van der Waals surface area (Å²) in [5, 5.41) is 10.2. The fourth-order valence-electron chi connectivity index (χ4n) is 6.09. The van der Waals surface area contributed by atoms with Crippen molar-refractivity contribution >= 4 is 51.7 Å². The molecule has 1 aliphatic rings. The van der Waals surface area contributed by atoms with Crippen molar-refractivity contribution in [2.75, 3.05) is 12.9 Å². The lowest BCUT2D eigenvalue weighted by Crippen LogP contribution is -2.40. The van der Waals surface area contributed by atoms with Gasteiger partial charge in [-0.05, 0) is 60.7 Å². The first kappa shape index (κ1) is 31.2. The van der Waals surface area contributed by atoms with Crippen LogP contribution in [0.1, 0.15) is 40.8 Å². The summed E-state index contributed by atoms with van der Waals surface area (Å²) in [6, 6.07) is 34.6. The molecular weight excluding hydrogens is 637 g/mol. The van der Waals surface area contributed by atoms with E-state index in [4.69, 9.17) is 9.73 Å². The minimum absolute atomic E-state index is 0.194. The summed E-state index contributed by atoms with van der Waals surface area (Å²) in [6.45, 7) is 2.58. The van der Waals surface area contributed by atoms with Gasteiger partial charge in [0, 0.05) is 39.7 Å². The highest BCUT2D eigenvalue weighted by atomic mass is 32.2. The zero-order valence-corrected chi connectivity index (χ0v) is 27.9. The van der Waals surface area contributed by atoms with Crippen LogP contribution in [0, 0.1) is 11.3 Å². The number of esters is 1. The van der Waals surface area contributed by atoms with Crippen molar-refractivity contribution < 1.29 is 9.53 Å². The highest BCUT2D eigenvalue weighted by Gasteiger charge is 2.35. The van der Waals surface area contributed by atoms with Crippen molar-refractivity contribution in [3.63, 3.8) is 0 Å². The lowest BCUT2D eigenvalue weighted by molar-refractivity contribution is -0.138. The first-order valence-corrected chi connectivity index (χ1v) is 17.5. The number of rotatable bonds is 8. The number of thiazole rings is 1. The number of benzene rings is 4. The van der Waals surface area contributed by atoms with Crippen molar-refractivity contribution in [3.8, 4) is 6.07 Å². The minimum atomic E-state index is -0.730. The number of thioether (sulfide) groups is 1. The summed E-state index contributed by atoms with van der Waals surface area (Å²) in [5.74, 6) is -0.501. The van der Waals surface area contributed by atoms with Gasteiger partial charge in [-0.25, -0.2) is 9.79 Å². The van der Waals surface area contributed by atoms with Crippen LogP contribution in [0.5, 0.6) is 0 Å². The highest BCUT2D eigenvalue weighted by Crippen LogP contribution is 2.36. The molecule has 2 aromatic heterocycles. The third-order valence-corrected chi connectivity index (χ3v) is 10.1. The van der Waals surface area contributed by atoms with E-state index in [1.807, 2.05) is 103 Å². The van der Waals surface area contributed by atoms with E-state index in [0.717, 1.165) is 38.1 Å². The summed E-state index contributed by atoms with van der Waals surface area (Å²) < 4.78 is 9.91. The van der Waals surface area contributed by atoms with Gasteiger partial charge in [-0.2, -0.15) is 5.26 Å². The van der Waals surface area contributed by atoms with Gasteiger partial charge in [0.15, 0.2) is 4.80 Å². The van der Waals surface area contributed by atoms with Crippen molar-refractivity contribution in [2.45, 2.75) is 24.4 Å². The number of carbonyl (C=O) groups excluding carboxylic acids is 1. The maximum atomic E-state index is 14.5. The Bertz CT molecular complexity index is 2410. The molecular formula is C39H30N4O3S2. The van der Waals surface area contributed by atoms with E-state index in [1.165, 1.54) is 11.3 Å². The Morgan fingerprint density at radius 3 is 2.44 bits per heavy atom. The fourth-order valence-corrected chi connectivity index (χ4v) is 7.49. The third kappa shape index (κ3) is 5.81. The van der Waals surface area contributed by atoms with Crippen molar-refractivity contribution in [1.82, 2.24) is 9.13 Å². The molecule has 6 aromatic rings. The quantitative estimate of drug-likeness (QED) is 0.136. The lowest BCUT2D eigenvalue weighted by atomic mass is 9.93. The number of aromatic nitrogens is 2. The number of fused-ring (bicyclic) bond motifs is 2. The first-order chi connectivity index (χ1) is 23.5. The number of hydrogen-bond donors (Lipinski definition) is 0. The largest absolute Gasteiger partial charge is 0.463 e. The Morgan fingerprint density at radius 1 is 1.00 bits per heavy atom. The number of para-hydroxylation sites is 1. The fraction of sp³-hybridized carbons (Fsp3) is 0.128. The smallest absolute Gasteiger partial charge is 0.338 e. The Balaban J connectivity index is 1.43. The van der Waals surface area contributed by atoms with Crippen molar-refractivity contribution in [1.29, 1.82) is 5.26 Å². The van der Waals surface area contributed by atoms with E-state index in [1.54, 1.807) is 23.3 Å². The Morgan fingerprint density at radius 2 is 1.73 bits per heavy atom. The average molecular weight is 667 g/mol. The average Bonchev–Trinajstić information content (AvgIpc) is 3.64. The number of nitrogens with zero attached hydrogens (tertiary/aromatic N) is 4. The monoisotopic (exact) mass is 666 g/mol. The Kier molecular flexibility index (Phi) is 8.68. The van der Waals surface area contributed by atoms with Crippen LogP contribution in [0.2, 0.25) is 0 Å². The molecule has 0 spiro atoms. The molecule has 4 aromatic carbocycles. The topological polar surface area (TPSA) is 89.4 Å².